The fraction of sp³-hybridized carbons (Fsp3) is 0.355. The number of halogens is 1. The SMILES string of the molecule is CCNC(=O)[C@@H](Cc1ccccc1)N(Cc1cccc(Br)c1)C(=O)CCCN(c1ccc(CC)cc1)S(C)(=O)=O. The van der Waals surface area contributed by atoms with Gasteiger partial charge in [-0.15, -0.1) is 0 Å². The molecule has 3 rings (SSSR count). The van der Waals surface area contributed by atoms with Crippen LogP contribution in [0.4, 0.5) is 5.69 Å². The van der Waals surface area contributed by atoms with Gasteiger partial charge in [-0.1, -0.05) is 77.5 Å². The molecule has 214 valence electrons. The number of anilines is 1. The molecule has 1 N–H and O–H groups in total. The van der Waals surface area contributed by atoms with Crippen LogP contribution >= 0.6 is 15.9 Å². The van der Waals surface area contributed by atoms with Crippen LogP contribution in [0, 0.1) is 0 Å². The number of rotatable bonds is 14. The van der Waals surface area contributed by atoms with Crippen LogP contribution in [0.15, 0.2) is 83.3 Å². The van der Waals surface area contributed by atoms with E-state index in [4.69, 9.17) is 0 Å². The average molecular weight is 629 g/mol. The van der Waals surface area contributed by atoms with Gasteiger partial charge in [0.15, 0.2) is 0 Å². The van der Waals surface area contributed by atoms with Gasteiger partial charge in [-0.05, 0) is 60.7 Å². The van der Waals surface area contributed by atoms with E-state index in [9.17, 15) is 18.0 Å². The number of amides is 2. The molecule has 0 aliphatic heterocycles. The first kappa shape index (κ1) is 31.4. The third-order valence-corrected chi connectivity index (χ3v) is 8.34. The van der Waals surface area contributed by atoms with Crippen molar-refractivity contribution in [3.05, 3.63) is 100 Å². The molecule has 9 heteroatoms. The second-order valence-corrected chi connectivity index (χ2v) is 12.5. The Kier molecular flexibility index (Phi) is 11.8. The summed E-state index contributed by atoms with van der Waals surface area (Å²) in [4.78, 5) is 28.7. The minimum atomic E-state index is -3.55. The molecule has 40 heavy (non-hydrogen) atoms. The van der Waals surface area contributed by atoms with E-state index >= 15 is 0 Å². The minimum Gasteiger partial charge on any atom is -0.355 e. The van der Waals surface area contributed by atoms with Crippen molar-refractivity contribution >= 4 is 43.5 Å². The number of aryl methyl sites for hydroxylation is 1. The van der Waals surface area contributed by atoms with Crippen LogP contribution in [0.2, 0.25) is 0 Å². The maximum absolute atomic E-state index is 13.8. The van der Waals surface area contributed by atoms with Gasteiger partial charge in [0.05, 0.1) is 11.9 Å². The summed E-state index contributed by atoms with van der Waals surface area (Å²) in [5.41, 5.74) is 3.52. The Morgan fingerprint density at radius 3 is 2.17 bits per heavy atom. The molecule has 0 heterocycles. The normalized spacial score (nSPS) is 12.0. The highest BCUT2D eigenvalue weighted by atomic mass is 79.9. The first-order valence-corrected chi connectivity index (χ1v) is 16.2. The van der Waals surface area contributed by atoms with E-state index in [2.05, 4.69) is 21.2 Å². The lowest BCUT2D eigenvalue weighted by Crippen LogP contribution is -2.50. The van der Waals surface area contributed by atoms with Crippen molar-refractivity contribution in [1.82, 2.24) is 10.2 Å². The van der Waals surface area contributed by atoms with Crippen LogP contribution < -0.4 is 9.62 Å². The highest BCUT2D eigenvalue weighted by molar-refractivity contribution is 9.10. The van der Waals surface area contributed by atoms with Crippen molar-refractivity contribution in [3.63, 3.8) is 0 Å². The summed E-state index contributed by atoms with van der Waals surface area (Å²) in [5.74, 6) is -0.426. The molecule has 0 aliphatic rings. The lowest BCUT2D eigenvalue weighted by atomic mass is 10.0. The Morgan fingerprint density at radius 2 is 1.57 bits per heavy atom. The number of carbonyl (C=O) groups excluding carboxylic acids is 2. The predicted octanol–water partition coefficient (Wildman–Crippen LogP) is 5.33. The molecule has 0 radical (unpaired) electrons. The second kappa shape index (κ2) is 15.0. The highest BCUT2D eigenvalue weighted by Gasteiger charge is 2.30. The van der Waals surface area contributed by atoms with E-state index in [1.807, 2.05) is 80.6 Å². The van der Waals surface area contributed by atoms with Crippen molar-refractivity contribution in [3.8, 4) is 0 Å². The molecule has 1 atom stereocenters. The first-order valence-electron chi connectivity index (χ1n) is 13.5. The third kappa shape index (κ3) is 9.20. The van der Waals surface area contributed by atoms with E-state index in [1.165, 1.54) is 10.6 Å². The zero-order chi connectivity index (χ0) is 29.1. The van der Waals surface area contributed by atoms with Crippen LogP contribution in [0.5, 0.6) is 0 Å². The Balaban J connectivity index is 1.85. The van der Waals surface area contributed by atoms with Crippen molar-refractivity contribution in [2.24, 2.45) is 0 Å². The molecule has 7 nitrogen and oxygen atoms in total. The van der Waals surface area contributed by atoms with Crippen molar-refractivity contribution in [1.29, 1.82) is 0 Å². The monoisotopic (exact) mass is 627 g/mol. The highest BCUT2D eigenvalue weighted by Crippen LogP contribution is 2.22. The van der Waals surface area contributed by atoms with Gasteiger partial charge in [-0.25, -0.2) is 8.42 Å². The van der Waals surface area contributed by atoms with Crippen molar-refractivity contribution in [2.75, 3.05) is 23.7 Å². The number of hydrogen-bond acceptors (Lipinski definition) is 4. The maximum Gasteiger partial charge on any atom is 0.243 e. The van der Waals surface area contributed by atoms with Gasteiger partial charge in [0.2, 0.25) is 21.8 Å². The molecule has 0 spiro atoms. The molecule has 0 fully saturated rings. The van der Waals surface area contributed by atoms with Crippen LogP contribution in [0.1, 0.15) is 43.4 Å². The van der Waals surface area contributed by atoms with Gasteiger partial charge in [-0.3, -0.25) is 13.9 Å². The molecule has 0 bridgehead atoms. The van der Waals surface area contributed by atoms with Crippen LogP contribution in [0.3, 0.4) is 0 Å². The van der Waals surface area contributed by atoms with E-state index in [0.717, 1.165) is 27.6 Å². The maximum atomic E-state index is 13.8. The Hall–Kier alpha value is -3.17. The average Bonchev–Trinajstić information content (AvgIpc) is 2.93. The summed E-state index contributed by atoms with van der Waals surface area (Å²) in [6, 6.07) is 24.0. The van der Waals surface area contributed by atoms with Crippen molar-refractivity contribution < 1.29 is 18.0 Å². The van der Waals surface area contributed by atoms with Gasteiger partial charge in [0.25, 0.3) is 0 Å². The largest absolute Gasteiger partial charge is 0.355 e. The van der Waals surface area contributed by atoms with Crippen LogP contribution in [-0.2, 0) is 39.0 Å². The molecule has 3 aromatic carbocycles. The zero-order valence-corrected chi connectivity index (χ0v) is 25.7. The fourth-order valence-corrected chi connectivity index (χ4v) is 5.99. The summed E-state index contributed by atoms with van der Waals surface area (Å²) in [5, 5.41) is 2.89. The third-order valence-electron chi connectivity index (χ3n) is 6.65. The van der Waals surface area contributed by atoms with Crippen molar-refractivity contribution in [2.45, 2.75) is 52.1 Å². The first-order chi connectivity index (χ1) is 19.1. The summed E-state index contributed by atoms with van der Waals surface area (Å²) >= 11 is 3.50. The van der Waals surface area contributed by atoms with E-state index < -0.39 is 16.1 Å². The van der Waals surface area contributed by atoms with E-state index in [1.54, 1.807) is 17.0 Å². The Morgan fingerprint density at radius 1 is 0.900 bits per heavy atom. The topological polar surface area (TPSA) is 86.8 Å². The second-order valence-electron chi connectivity index (χ2n) is 9.71. The molecule has 2 amide bonds. The number of carbonyl (C=O) groups is 2. The van der Waals surface area contributed by atoms with Gasteiger partial charge < -0.3 is 10.2 Å². The lowest BCUT2D eigenvalue weighted by Gasteiger charge is -2.32. The van der Waals surface area contributed by atoms with E-state index in [0.29, 0.717) is 25.1 Å². The standard InChI is InChI=1S/C31H38BrN3O4S/c1-4-24-16-18-28(19-17-24)35(40(3,38)39)20-10-15-30(36)34(23-26-13-9-14-27(32)21-26)29(31(37)33-5-2)22-25-11-7-6-8-12-25/h6-9,11-14,16-19,21,29H,4-5,10,15,20,22-23H2,1-3H3,(H,33,37)/t29-/m1/s1. The summed E-state index contributed by atoms with van der Waals surface area (Å²) in [6.45, 7) is 4.75. The molecule has 3 aromatic rings. The van der Waals surface area contributed by atoms with Crippen LogP contribution in [0.25, 0.3) is 0 Å². The molecule has 0 aliphatic carbocycles. The quantitative estimate of drug-likeness (QED) is 0.262. The Bertz CT molecular complexity index is 1360. The fourth-order valence-electron chi connectivity index (χ4n) is 4.58. The van der Waals surface area contributed by atoms with Gasteiger partial charge >= 0.3 is 0 Å². The smallest absolute Gasteiger partial charge is 0.243 e. The van der Waals surface area contributed by atoms with Gasteiger partial charge in [-0.2, -0.15) is 0 Å². The summed E-state index contributed by atoms with van der Waals surface area (Å²) in [6.07, 6.45) is 2.80. The van der Waals surface area contributed by atoms with Gasteiger partial charge in [0.1, 0.15) is 6.04 Å². The summed E-state index contributed by atoms with van der Waals surface area (Å²) in [7, 11) is -3.55. The number of nitrogens with zero attached hydrogens (tertiary/aromatic N) is 2. The number of likely N-dealkylation sites (N-methyl/N-ethyl adjacent to an activating group) is 1. The number of nitrogens with one attached hydrogen (secondary N) is 1. The molecular formula is C31H38BrN3O4S. The predicted molar refractivity (Wildman–Crippen MR) is 165 cm³/mol. The minimum absolute atomic E-state index is 0.0950. The zero-order valence-electron chi connectivity index (χ0n) is 23.3. The lowest BCUT2D eigenvalue weighted by molar-refractivity contribution is -0.141. The number of sulfonamides is 1. The molecular weight excluding hydrogens is 590 g/mol. The Labute approximate surface area is 246 Å². The molecule has 0 unspecified atom stereocenters. The van der Waals surface area contributed by atoms with Crippen LogP contribution in [-0.4, -0.2) is 50.5 Å². The number of hydrogen-bond donors (Lipinski definition) is 1. The van der Waals surface area contributed by atoms with Gasteiger partial charge in [0, 0.05) is 36.9 Å². The van der Waals surface area contributed by atoms with E-state index in [-0.39, 0.29) is 31.3 Å². The molecule has 0 aromatic heterocycles. The molecule has 0 saturated heterocycles. The summed E-state index contributed by atoms with van der Waals surface area (Å²) < 4.78 is 27.4. The number of benzene rings is 3. The molecule has 0 saturated carbocycles.